The molecule has 0 unspecified atom stereocenters. The van der Waals surface area contributed by atoms with E-state index in [4.69, 9.17) is 9.26 Å². The number of benzene rings is 2. The number of hydrogen-bond acceptors (Lipinski definition) is 9. The van der Waals surface area contributed by atoms with E-state index < -0.39 is 43.2 Å². The summed E-state index contributed by atoms with van der Waals surface area (Å²) >= 11 is 0. The maximum atomic E-state index is 12.4. The first-order chi connectivity index (χ1) is 14.0. The van der Waals surface area contributed by atoms with Crippen molar-refractivity contribution in [3.63, 3.8) is 0 Å². The van der Waals surface area contributed by atoms with Gasteiger partial charge < -0.3 is 35.0 Å². The molecule has 10 nitrogen and oxygen atoms in total. The number of hydrogen-bond donors (Lipinski definition) is 5. The fraction of sp³-hybridized carbons (Fsp3) is 0.316. The summed E-state index contributed by atoms with van der Waals surface area (Å²) in [5.74, 6) is -1.01. The monoisotopic (exact) mass is 401 g/mol. The number of aromatic nitrogens is 2. The maximum absolute atomic E-state index is 12.4. The van der Waals surface area contributed by atoms with Gasteiger partial charge in [0.05, 0.1) is 6.61 Å². The second-order valence-electron chi connectivity index (χ2n) is 6.71. The van der Waals surface area contributed by atoms with Gasteiger partial charge in [0.2, 0.25) is 5.82 Å². The van der Waals surface area contributed by atoms with Crippen LogP contribution in [-0.2, 0) is 4.74 Å². The number of carbonyl (C=O) groups is 1. The standard InChI is InChI=1S/C19H19N3O7/c23-8-12-13(24)14(25)15(26)18(28-12)21-17(27)19-20-16(22-29-19)11-6-5-9-3-1-2-4-10(9)7-11/h1-7,12-15,18,23-26H,8H2,(H,21,27)/t12-,13-,14+,15-,18-/m1/s1. The Morgan fingerprint density at radius 3 is 2.55 bits per heavy atom. The molecule has 5 N–H and O–H groups in total. The van der Waals surface area contributed by atoms with Gasteiger partial charge in [-0.25, -0.2) is 0 Å². The highest BCUT2D eigenvalue weighted by Gasteiger charge is 2.44. The number of fused-ring (bicyclic) bond motifs is 1. The van der Waals surface area contributed by atoms with Gasteiger partial charge in [0.15, 0.2) is 6.23 Å². The number of ether oxygens (including phenoxy) is 1. The number of aliphatic hydroxyl groups excluding tert-OH is 4. The van der Waals surface area contributed by atoms with E-state index >= 15 is 0 Å². The number of aliphatic hydroxyl groups is 4. The molecular formula is C19H19N3O7. The molecule has 152 valence electrons. The second kappa shape index (κ2) is 7.85. The van der Waals surface area contributed by atoms with E-state index in [-0.39, 0.29) is 11.7 Å². The van der Waals surface area contributed by atoms with Crippen LogP contribution in [0.1, 0.15) is 10.7 Å². The lowest BCUT2D eigenvalue weighted by atomic mass is 9.98. The van der Waals surface area contributed by atoms with E-state index in [0.717, 1.165) is 10.8 Å². The average Bonchev–Trinajstić information content (AvgIpc) is 3.24. The molecule has 1 saturated heterocycles. The SMILES string of the molecule is O=C(N[C@@H]1O[C@H](CO)[C@@H](O)[C@H](O)[C@H]1O)c1nc(-c2ccc3ccccc3c2)no1. The van der Waals surface area contributed by atoms with Gasteiger partial charge in [0.25, 0.3) is 0 Å². The number of carbonyl (C=O) groups excluding carboxylic acids is 1. The molecule has 0 aliphatic carbocycles. The van der Waals surface area contributed by atoms with Crippen molar-refractivity contribution < 1.29 is 34.5 Å². The average molecular weight is 401 g/mol. The van der Waals surface area contributed by atoms with Gasteiger partial charge in [-0.15, -0.1) is 0 Å². The van der Waals surface area contributed by atoms with Gasteiger partial charge in [-0.05, 0) is 16.8 Å². The summed E-state index contributed by atoms with van der Waals surface area (Å²) in [4.78, 5) is 16.5. The van der Waals surface area contributed by atoms with Crippen molar-refractivity contribution in [2.45, 2.75) is 30.6 Å². The van der Waals surface area contributed by atoms with Gasteiger partial charge in [-0.2, -0.15) is 4.98 Å². The first-order valence-electron chi connectivity index (χ1n) is 8.92. The Labute approximate surface area is 164 Å². The molecule has 1 fully saturated rings. The molecule has 0 bridgehead atoms. The van der Waals surface area contributed by atoms with Crippen LogP contribution in [0.2, 0.25) is 0 Å². The highest BCUT2D eigenvalue weighted by molar-refractivity contribution is 5.90. The summed E-state index contributed by atoms with van der Waals surface area (Å²) in [5, 5.41) is 46.9. The zero-order valence-corrected chi connectivity index (χ0v) is 15.0. The first kappa shape index (κ1) is 19.4. The molecule has 3 aromatic rings. The van der Waals surface area contributed by atoms with E-state index in [1.807, 2.05) is 36.4 Å². The van der Waals surface area contributed by atoms with E-state index in [2.05, 4.69) is 15.5 Å². The molecule has 10 heteroatoms. The fourth-order valence-corrected chi connectivity index (χ4v) is 3.17. The lowest BCUT2D eigenvalue weighted by molar-refractivity contribution is -0.233. The van der Waals surface area contributed by atoms with Crippen LogP contribution >= 0.6 is 0 Å². The Morgan fingerprint density at radius 2 is 1.79 bits per heavy atom. The zero-order chi connectivity index (χ0) is 20.5. The van der Waals surface area contributed by atoms with Gasteiger partial charge in [-0.1, -0.05) is 41.6 Å². The van der Waals surface area contributed by atoms with Crippen molar-refractivity contribution in [3.8, 4) is 11.4 Å². The van der Waals surface area contributed by atoms with Crippen LogP contribution in [0.5, 0.6) is 0 Å². The highest BCUT2D eigenvalue weighted by Crippen LogP contribution is 2.23. The van der Waals surface area contributed by atoms with Gasteiger partial charge in [0, 0.05) is 5.56 Å². The zero-order valence-electron chi connectivity index (χ0n) is 15.0. The predicted molar refractivity (Wildman–Crippen MR) is 98.5 cm³/mol. The second-order valence-corrected chi connectivity index (χ2v) is 6.71. The van der Waals surface area contributed by atoms with Crippen LogP contribution in [0.25, 0.3) is 22.2 Å². The topological polar surface area (TPSA) is 158 Å². The molecule has 2 aromatic carbocycles. The molecule has 1 aliphatic heterocycles. The van der Waals surface area contributed by atoms with Crippen LogP contribution in [0.3, 0.4) is 0 Å². The summed E-state index contributed by atoms with van der Waals surface area (Å²) in [5.41, 5.74) is 0.652. The molecule has 0 radical (unpaired) electrons. The van der Waals surface area contributed by atoms with Crippen LogP contribution < -0.4 is 5.32 Å². The van der Waals surface area contributed by atoms with Crippen molar-refractivity contribution in [2.75, 3.05) is 6.61 Å². The van der Waals surface area contributed by atoms with Crippen LogP contribution in [0.4, 0.5) is 0 Å². The summed E-state index contributed by atoms with van der Waals surface area (Å²) < 4.78 is 10.2. The van der Waals surface area contributed by atoms with Crippen molar-refractivity contribution in [2.24, 2.45) is 0 Å². The van der Waals surface area contributed by atoms with Crippen LogP contribution in [0.15, 0.2) is 47.0 Å². The lowest BCUT2D eigenvalue weighted by Gasteiger charge is -2.39. The molecule has 0 saturated carbocycles. The molecule has 4 rings (SSSR count). The molecule has 0 spiro atoms. The molecule has 2 heterocycles. The number of nitrogens with zero attached hydrogens (tertiary/aromatic N) is 2. The Bertz CT molecular complexity index is 1020. The third kappa shape index (κ3) is 3.71. The minimum Gasteiger partial charge on any atom is -0.394 e. The molecule has 29 heavy (non-hydrogen) atoms. The fourth-order valence-electron chi connectivity index (χ4n) is 3.17. The normalized spacial score (nSPS) is 27.1. The summed E-state index contributed by atoms with van der Waals surface area (Å²) in [6.07, 6.45) is -7.27. The summed E-state index contributed by atoms with van der Waals surface area (Å²) in [6.45, 7) is -0.607. The Morgan fingerprint density at radius 1 is 1.03 bits per heavy atom. The third-order valence-electron chi connectivity index (χ3n) is 4.79. The molecule has 1 aliphatic rings. The Hall–Kier alpha value is -2.89. The predicted octanol–water partition coefficient (Wildman–Crippen LogP) is -0.580. The van der Waals surface area contributed by atoms with Gasteiger partial charge in [-0.3, -0.25) is 4.79 Å². The van der Waals surface area contributed by atoms with Crippen molar-refractivity contribution >= 4 is 16.7 Å². The Kier molecular flexibility index (Phi) is 5.26. The molecule has 5 atom stereocenters. The minimum atomic E-state index is -1.61. The van der Waals surface area contributed by atoms with Crippen molar-refractivity contribution in [3.05, 3.63) is 48.4 Å². The van der Waals surface area contributed by atoms with Gasteiger partial charge >= 0.3 is 11.8 Å². The largest absolute Gasteiger partial charge is 0.394 e. The number of amides is 1. The minimum absolute atomic E-state index is 0.203. The highest BCUT2D eigenvalue weighted by atomic mass is 16.6. The van der Waals surface area contributed by atoms with Crippen LogP contribution in [0, 0.1) is 0 Å². The molecular weight excluding hydrogens is 382 g/mol. The summed E-state index contributed by atoms with van der Waals surface area (Å²) in [6, 6.07) is 13.3. The van der Waals surface area contributed by atoms with E-state index in [9.17, 15) is 25.2 Å². The number of nitrogens with one attached hydrogen (secondary N) is 1. The van der Waals surface area contributed by atoms with E-state index in [1.165, 1.54) is 0 Å². The van der Waals surface area contributed by atoms with E-state index in [0.29, 0.717) is 5.56 Å². The Balaban J connectivity index is 1.50. The van der Waals surface area contributed by atoms with Crippen molar-refractivity contribution in [1.82, 2.24) is 15.5 Å². The smallest absolute Gasteiger partial charge is 0.316 e. The van der Waals surface area contributed by atoms with Gasteiger partial charge in [0.1, 0.15) is 24.4 Å². The quantitative estimate of drug-likeness (QED) is 0.385. The number of rotatable bonds is 4. The maximum Gasteiger partial charge on any atom is 0.316 e. The van der Waals surface area contributed by atoms with E-state index in [1.54, 1.807) is 6.07 Å². The first-order valence-corrected chi connectivity index (χ1v) is 8.92. The molecule has 1 aromatic heterocycles. The summed E-state index contributed by atoms with van der Waals surface area (Å²) in [7, 11) is 0. The third-order valence-corrected chi connectivity index (χ3v) is 4.79. The van der Waals surface area contributed by atoms with Crippen LogP contribution in [-0.4, -0.2) is 73.7 Å². The molecule has 1 amide bonds. The van der Waals surface area contributed by atoms with Crippen molar-refractivity contribution in [1.29, 1.82) is 0 Å². The lowest BCUT2D eigenvalue weighted by Crippen LogP contribution is -2.63.